The van der Waals surface area contributed by atoms with Gasteiger partial charge < -0.3 is 10.1 Å². The van der Waals surface area contributed by atoms with Crippen LogP contribution in [0.5, 0.6) is 5.88 Å². The maximum atomic E-state index is 12.2. The molecule has 1 amide bonds. The van der Waals surface area contributed by atoms with Crippen molar-refractivity contribution in [1.82, 2.24) is 10.3 Å². The van der Waals surface area contributed by atoms with E-state index in [4.69, 9.17) is 16.3 Å². The third-order valence-electron chi connectivity index (χ3n) is 2.97. The first kappa shape index (κ1) is 16.7. The zero-order chi connectivity index (χ0) is 16.8. The molecule has 120 valence electrons. The number of hydrogen-bond donors (Lipinski definition) is 1. The van der Waals surface area contributed by atoms with Crippen LogP contribution in [-0.4, -0.2) is 22.4 Å². The highest BCUT2D eigenvalue weighted by atomic mass is 35.5. The van der Waals surface area contributed by atoms with Gasteiger partial charge in [-0.3, -0.25) is 14.9 Å². The Labute approximate surface area is 137 Å². The van der Waals surface area contributed by atoms with E-state index in [-0.39, 0.29) is 22.8 Å². The number of amides is 1. The largest absolute Gasteiger partial charge is 0.478 e. The van der Waals surface area contributed by atoms with Crippen LogP contribution >= 0.6 is 11.6 Å². The van der Waals surface area contributed by atoms with Gasteiger partial charge in [0.15, 0.2) is 0 Å². The Kier molecular flexibility index (Phi) is 5.48. The second-order valence-corrected chi connectivity index (χ2v) is 4.94. The van der Waals surface area contributed by atoms with Gasteiger partial charge in [0.05, 0.1) is 11.5 Å². The summed E-state index contributed by atoms with van der Waals surface area (Å²) < 4.78 is 5.36. The van der Waals surface area contributed by atoms with Gasteiger partial charge >= 0.3 is 0 Å². The third-order valence-corrected chi connectivity index (χ3v) is 3.21. The number of halogens is 1. The number of pyridine rings is 1. The van der Waals surface area contributed by atoms with E-state index in [2.05, 4.69) is 10.3 Å². The molecule has 0 saturated carbocycles. The van der Waals surface area contributed by atoms with Crippen LogP contribution in [0.25, 0.3) is 0 Å². The van der Waals surface area contributed by atoms with Gasteiger partial charge in [0, 0.05) is 29.4 Å². The van der Waals surface area contributed by atoms with Crippen LogP contribution < -0.4 is 10.1 Å². The Balaban J connectivity index is 2.18. The molecule has 0 radical (unpaired) electrons. The average Bonchev–Trinajstić information content (AvgIpc) is 2.53. The van der Waals surface area contributed by atoms with Gasteiger partial charge in [-0.05, 0) is 25.1 Å². The van der Waals surface area contributed by atoms with E-state index in [1.807, 2.05) is 6.92 Å². The fraction of sp³-hybridized carbons (Fsp3) is 0.200. The molecule has 1 heterocycles. The summed E-state index contributed by atoms with van der Waals surface area (Å²) in [5, 5.41) is 13.9. The molecule has 2 aromatic rings. The van der Waals surface area contributed by atoms with Crippen molar-refractivity contribution in [3.05, 3.63) is 62.8 Å². The van der Waals surface area contributed by atoms with Gasteiger partial charge in [-0.1, -0.05) is 17.7 Å². The summed E-state index contributed by atoms with van der Waals surface area (Å²) >= 11 is 5.82. The molecule has 0 saturated heterocycles. The fourth-order valence-electron chi connectivity index (χ4n) is 1.95. The molecule has 7 nitrogen and oxygen atoms in total. The summed E-state index contributed by atoms with van der Waals surface area (Å²) in [6.45, 7) is 2.40. The molecule has 0 spiro atoms. The molecule has 1 aromatic heterocycles. The van der Waals surface area contributed by atoms with Gasteiger partial charge in [0.1, 0.15) is 5.56 Å². The molecule has 0 atom stereocenters. The van der Waals surface area contributed by atoms with Crippen LogP contribution in [0.15, 0.2) is 36.5 Å². The van der Waals surface area contributed by atoms with Crippen molar-refractivity contribution in [3.8, 4) is 5.88 Å². The van der Waals surface area contributed by atoms with E-state index in [9.17, 15) is 14.9 Å². The lowest BCUT2D eigenvalue weighted by Crippen LogP contribution is -2.24. The highest BCUT2D eigenvalue weighted by Gasteiger charge is 2.20. The number of carbonyl (C=O) groups excluding carboxylic acids is 1. The molecule has 0 aliphatic carbocycles. The monoisotopic (exact) mass is 335 g/mol. The van der Waals surface area contributed by atoms with E-state index in [1.54, 1.807) is 18.3 Å². The summed E-state index contributed by atoms with van der Waals surface area (Å²) in [6.07, 6.45) is 1.58. The molecule has 0 bridgehead atoms. The Bertz CT molecular complexity index is 736. The minimum absolute atomic E-state index is 0.0932. The normalized spacial score (nSPS) is 10.2. The van der Waals surface area contributed by atoms with Gasteiger partial charge in [0.25, 0.3) is 11.6 Å². The van der Waals surface area contributed by atoms with Crippen LogP contribution in [0, 0.1) is 10.1 Å². The van der Waals surface area contributed by atoms with E-state index in [1.165, 1.54) is 18.2 Å². The maximum absolute atomic E-state index is 12.2. The molecule has 0 fully saturated rings. The second kappa shape index (κ2) is 7.55. The molecule has 8 heteroatoms. The lowest BCUT2D eigenvalue weighted by Gasteiger charge is -2.10. The van der Waals surface area contributed by atoms with E-state index in [0.717, 1.165) is 0 Å². The fourth-order valence-corrected chi connectivity index (χ4v) is 2.12. The van der Waals surface area contributed by atoms with Crippen LogP contribution in [-0.2, 0) is 6.54 Å². The van der Waals surface area contributed by atoms with E-state index in [0.29, 0.717) is 18.1 Å². The van der Waals surface area contributed by atoms with E-state index < -0.39 is 10.8 Å². The van der Waals surface area contributed by atoms with Crippen molar-refractivity contribution in [2.45, 2.75) is 13.5 Å². The molecule has 23 heavy (non-hydrogen) atoms. The summed E-state index contributed by atoms with van der Waals surface area (Å²) in [6, 6.07) is 7.30. The van der Waals surface area contributed by atoms with Crippen molar-refractivity contribution in [3.63, 3.8) is 0 Å². The molecule has 1 N–H and O–H groups in total. The Morgan fingerprint density at radius 1 is 1.43 bits per heavy atom. The van der Waals surface area contributed by atoms with E-state index >= 15 is 0 Å². The molecule has 1 aromatic carbocycles. The van der Waals surface area contributed by atoms with Crippen molar-refractivity contribution >= 4 is 23.2 Å². The van der Waals surface area contributed by atoms with Crippen molar-refractivity contribution in [1.29, 1.82) is 0 Å². The van der Waals surface area contributed by atoms with Gasteiger partial charge in [0.2, 0.25) is 5.88 Å². The first-order chi connectivity index (χ1) is 11.0. The molecule has 0 unspecified atom stereocenters. The van der Waals surface area contributed by atoms with Crippen LogP contribution in [0.4, 0.5) is 5.69 Å². The molecule has 2 rings (SSSR count). The van der Waals surface area contributed by atoms with Crippen molar-refractivity contribution in [2.24, 2.45) is 0 Å². The number of nitrogens with one attached hydrogen (secondary N) is 1. The Morgan fingerprint density at radius 3 is 2.91 bits per heavy atom. The number of aromatic nitrogens is 1. The first-order valence-corrected chi connectivity index (χ1v) is 7.19. The average molecular weight is 336 g/mol. The summed E-state index contributed by atoms with van der Waals surface area (Å²) in [5.74, 6) is -0.179. The molecular formula is C15H14ClN3O4. The highest BCUT2D eigenvalue weighted by Crippen LogP contribution is 2.23. The summed E-state index contributed by atoms with van der Waals surface area (Å²) in [7, 11) is 0. The lowest BCUT2D eigenvalue weighted by molar-refractivity contribution is -0.385. The Hall–Kier alpha value is -2.67. The minimum Gasteiger partial charge on any atom is -0.478 e. The van der Waals surface area contributed by atoms with Gasteiger partial charge in [-0.15, -0.1) is 0 Å². The van der Waals surface area contributed by atoms with Crippen LogP contribution in [0.1, 0.15) is 22.8 Å². The van der Waals surface area contributed by atoms with Crippen molar-refractivity contribution < 1.29 is 14.5 Å². The molecular weight excluding hydrogens is 322 g/mol. The van der Waals surface area contributed by atoms with Gasteiger partial charge in [-0.25, -0.2) is 4.98 Å². The van der Waals surface area contributed by atoms with Crippen LogP contribution in [0.2, 0.25) is 5.02 Å². The number of nitro benzene ring substituents is 1. The SMILES string of the molecule is CCOc1ncccc1CNC(=O)c1cc(Cl)ccc1[N+](=O)[O-]. The minimum atomic E-state index is -0.624. The third kappa shape index (κ3) is 4.17. The predicted molar refractivity (Wildman–Crippen MR) is 84.7 cm³/mol. The summed E-state index contributed by atoms with van der Waals surface area (Å²) in [5.41, 5.74) is 0.278. The number of ether oxygens (including phenoxy) is 1. The number of nitrogens with zero attached hydrogens (tertiary/aromatic N) is 2. The topological polar surface area (TPSA) is 94.4 Å². The summed E-state index contributed by atoms with van der Waals surface area (Å²) in [4.78, 5) is 26.7. The second-order valence-electron chi connectivity index (χ2n) is 4.50. The molecule has 0 aliphatic heterocycles. The maximum Gasteiger partial charge on any atom is 0.282 e. The van der Waals surface area contributed by atoms with Crippen LogP contribution in [0.3, 0.4) is 0 Å². The number of benzene rings is 1. The Morgan fingerprint density at radius 2 is 2.22 bits per heavy atom. The number of carbonyl (C=O) groups is 1. The van der Waals surface area contributed by atoms with Gasteiger partial charge in [-0.2, -0.15) is 0 Å². The number of rotatable bonds is 6. The first-order valence-electron chi connectivity index (χ1n) is 6.81. The number of hydrogen-bond acceptors (Lipinski definition) is 5. The predicted octanol–water partition coefficient (Wildman–Crippen LogP) is 2.97. The lowest BCUT2D eigenvalue weighted by atomic mass is 10.1. The zero-order valence-electron chi connectivity index (χ0n) is 12.3. The zero-order valence-corrected chi connectivity index (χ0v) is 13.0. The highest BCUT2D eigenvalue weighted by molar-refractivity contribution is 6.31. The molecule has 0 aliphatic rings. The number of nitro groups is 1. The van der Waals surface area contributed by atoms with Crippen molar-refractivity contribution in [2.75, 3.05) is 6.61 Å². The smallest absolute Gasteiger partial charge is 0.282 e. The standard InChI is InChI=1S/C15H14ClN3O4/c1-2-23-15-10(4-3-7-17-15)9-18-14(20)12-8-11(16)5-6-13(12)19(21)22/h3-8H,2,9H2,1H3,(H,18,20). The quantitative estimate of drug-likeness (QED) is 0.647.